The molecule has 0 aromatic heterocycles. The molecule has 25 heavy (non-hydrogen) atoms. The summed E-state index contributed by atoms with van der Waals surface area (Å²) in [5.41, 5.74) is 0.894. The monoisotopic (exact) mass is 345 g/mol. The Morgan fingerprint density at radius 1 is 1.40 bits per heavy atom. The highest BCUT2D eigenvalue weighted by atomic mass is 16.6. The minimum Gasteiger partial charge on any atom is -0.456 e. The molecule has 2 aliphatic heterocycles. The molecular weight excluding hydrogens is 326 g/mol. The molecule has 2 aliphatic rings. The van der Waals surface area contributed by atoms with Crippen molar-refractivity contribution in [2.24, 2.45) is 0 Å². The van der Waals surface area contributed by atoms with Gasteiger partial charge in [0.2, 0.25) is 0 Å². The number of nitrogens with zero attached hydrogens (tertiary/aromatic N) is 1. The minimum absolute atomic E-state index is 0.272. The van der Waals surface area contributed by atoms with Crippen molar-refractivity contribution >= 4 is 12.1 Å². The Morgan fingerprint density at radius 2 is 2.12 bits per heavy atom. The number of benzene rings is 1. The lowest BCUT2D eigenvalue weighted by Crippen LogP contribution is -2.61. The van der Waals surface area contributed by atoms with Gasteiger partial charge < -0.3 is 19.3 Å². The van der Waals surface area contributed by atoms with Crippen LogP contribution >= 0.6 is 0 Å². The van der Waals surface area contributed by atoms with Crippen molar-refractivity contribution in [2.45, 2.75) is 43.9 Å². The molecule has 2 fully saturated rings. The quantitative estimate of drug-likeness (QED) is 0.639. The van der Waals surface area contributed by atoms with Crippen LogP contribution in [0, 0.1) is 12.3 Å². The molecule has 1 aromatic carbocycles. The van der Waals surface area contributed by atoms with Crippen LogP contribution in [0.25, 0.3) is 0 Å². The van der Waals surface area contributed by atoms with Crippen LogP contribution in [0.4, 0.5) is 4.79 Å². The zero-order chi connectivity index (χ0) is 18.0. The highest BCUT2D eigenvalue weighted by molar-refractivity contribution is 5.72. The molecule has 3 rings (SSSR count). The first-order valence-electron chi connectivity index (χ1n) is 7.96. The standard InChI is InChI=1S/C18H19NO6/c1-3-13-16(23-11(2)21)15-17(14(10-20)24-13)25-18(22)19(15)9-12-7-5-4-6-8-12/h1,4-8,13-17,20H,9-10H2,2H3/t13?,14-,15+,16?,17-/m0/s1. The van der Waals surface area contributed by atoms with Gasteiger partial charge in [0.15, 0.2) is 18.3 Å². The molecule has 1 N–H and O–H groups in total. The van der Waals surface area contributed by atoms with Crippen LogP contribution in [-0.2, 0) is 25.5 Å². The van der Waals surface area contributed by atoms with E-state index in [-0.39, 0.29) is 13.2 Å². The lowest BCUT2D eigenvalue weighted by molar-refractivity contribution is -0.190. The van der Waals surface area contributed by atoms with Crippen molar-refractivity contribution in [3.05, 3.63) is 35.9 Å². The van der Waals surface area contributed by atoms with Crippen LogP contribution in [-0.4, -0.2) is 59.1 Å². The summed E-state index contributed by atoms with van der Waals surface area (Å²) in [5.74, 6) is 1.90. The van der Waals surface area contributed by atoms with Crippen molar-refractivity contribution in [1.82, 2.24) is 4.90 Å². The van der Waals surface area contributed by atoms with E-state index in [2.05, 4.69) is 5.92 Å². The smallest absolute Gasteiger partial charge is 0.411 e. The number of carbonyl (C=O) groups is 2. The molecule has 0 aliphatic carbocycles. The molecular formula is C18H19NO6. The van der Waals surface area contributed by atoms with Crippen molar-refractivity contribution < 1.29 is 28.9 Å². The van der Waals surface area contributed by atoms with Gasteiger partial charge in [-0.1, -0.05) is 36.3 Å². The summed E-state index contributed by atoms with van der Waals surface area (Å²) < 4.78 is 16.3. The van der Waals surface area contributed by atoms with E-state index in [1.54, 1.807) is 0 Å². The fourth-order valence-electron chi connectivity index (χ4n) is 3.29. The molecule has 2 saturated heterocycles. The zero-order valence-electron chi connectivity index (χ0n) is 13.7. The van der Waals surface area contributed by atoms with Crippen LogP contribution < -0.4 is 0 Å². The number of hydrogen-bond donors (Lipinski definition) is 1. The average molecular weight is 345 g/mol. The predicted octanol–water partition coefficient (Wildman–Crippen LogP) is 0.701. The van der Waals surface area contributed by atoms with Crippen LogP contribution in [0.5, 0.6) is 0 Å². The predicted molar refractivity (Wildman–Crippen MR) is 86.2 cm³/mol. The van der Waals surface area contributed by atoms with Gasteiger partial charge in [0.25, 0.3) is 0 Å². The summed E-state index contributed by atoms with van der Waals surface area (Å²) in [6.07, 6.45) is 1.66. The molecule has 0 spiro atoms. The molecule has 0 saturated carbocycles. The first-order valence-corrected chi connectivity index (χ1v) is 7.96. The van der Waals surface area contributed by atoms with Gasteiger partial charge in [-0.15, -0.1) is 6.42 Å². The Bertz CT molecular complexity index is 685. The van der Waals surface area contributed by atoms with Crippen molar-refractivity contribution in [2.75, 3.05) is 6.61 Å². The second-order valence-corrected chi connectivity index (χ2v) is 5.97. The Balaban J connectivity index is 1.94. The maximum absolute atomic E-state index is 12.4. The largest absolute Gasteiger partial charge is 0.456 e. The first-order chi connectivity index (χ1) is 12.0. The molecule has 7 heteroatoms. The number of esters is 1. The molecule has 1 aromatic rings. The number of amides is 1. The van der Waals surface area contributed by atoms with Crippen LogP contribution in [0.15, 0.2) is 30.3 Å². The van der Waals surface area contributed by atoms with Crippen molar-refractivity contribution in [3.63, 3.8) is 0 Å². The van der Waals surface area contributed by atoms with Gasteiger partial charge in [-0.05, 0) is 5.56 Å². The number of aliphatic hydroxyl groups is 1. The zero-order valence-corrected chi connectivity index (χ0v) is 13.7. The molecule has 0 radical (unpaired) electrons. The highest BCUT2D eigenvalue weighted by Gasteiger charge is 2.57. The summed E-state index contributed by atoms with van der Waals surface area (Å²) in [6.45, 7) is 1.17. The lowest BCUT2D eigenvalue weighted by Gasteiger charge is -2.41. The summed E-state index contributed by atoms with van der Waals surface area (Å²) in [4.78, 5) is 25.4. The number of aliphatic hydroxyl groups excluding tert-OH is 1. The van der Waals surface area contributed by atoms with Crippen LogP contribution in [0.3, 0.4) is 0 Å². The van der Waals surface area contributed by atoms with Gasteiger partial charge in [-0.2, -0.15) is 0 Å². The fraction of sp³-hybridized carbons (Fsp3) is 0.444. The van der Waals surface area contributed by atoms with Gasteiger partial charge in [0, 0.05) is 13.5 Å². The molecule has 7 nitrogen and oxygen atoms in total. The van der Waals surface area contributed by atoms with Gasteiger partial charge >= 0.3 is 12.1 Å². The number of carbonyl (C=O) groups excluding carboxylic acids is 2. The maximum atomic E-state index is 12.4. The van der Waals surface area contributed by atoms with E-state index in [1.807, 2.05) is 30.3 Å². The van der Waals surface area contributed by atoms with E-state index >= 15 is 0 Å². The molecule has 1 amide bonds. The maximum Gasteiger partial charge on any atom is 0.411 e. The summed E-state index contributed by atoms with van der Waals surface area (Å²) in [7, 11) is 0. The van der Waals surface area contributed by atoms with Crippen molar-refractivity contribution in [1.29, 1.82) is 0 Å². The van der Waals surface area contributed by atoms with E-state index in [4.69, 9.17) is 20.6 Å². The normalized spacial score (nSPS) is 31.0. The van der Waals surface area contributed by atoms with Crippen LogP contribution in [0.1, 0.15) is 12.5 Å². The number of hydrogen-bond acceptors (Lipinski definition) is 6. The number of rotatable bonds is 4. The van der Waals surface area contributed by atoms with Gasteiger partial charge in [-0.3, -0.25) is 9.69 Å². The van der Waals surface area contributed by atoms with Gasteiger partial charge in [0.1, 0.15) is 12.1 Å². The third kappa shape index (κ3) is 3.31. The second kappa shape index (κ2) is 7.13. The van der Waals surface area contributed by atoms with Crippen LogP contribution in [0.2, 0.25) is 0 Å². The second-order valence-electron chi connectivity index (χ2n) is 5.97. The Morgan fingerprint density at radius 3 is 2.72 bits per heavy atom. The molecule has 5 atom stereocenters. The number of fused-ring (bicyclic) bond motifs is 1. The van der Waals surface area contributed by atoms with E-state index in [0.29, 0.717) is 0 Å². The van der Waals surface area contributed by atoms with Gasteiger partial charge in [-0.25, -0.2) is 4.79 Å². The third-order valence-electron chi connectivity index (χ3n) is 4.33. The van der Waals surface area contributed by atoms with E-state index < -0.39 is 42.5 Å². The van der Waals surface area contributed by atoms with Crippen molar-refractivity contribution in [3.8, 4) is 12.3 Å². The number of terminal acetylenes is 1. The third-order valence-corrected chi connectivity index (χ3v) is 4.33. The fourth-order valence-corrected chi connectivity index (χ4v) is 3.29. The number of ether oxygens (including phenoxy) is 3. The lowest BCUT2D eigenvalue weighted by atomic mass is 9.92. The SMILES string of the molecule is C#CC1O[C@@H](CO)[C@@H]2OC(=O)N(Cc3ccccc3)[C@@H]2C1OC(C)=O. The Hall–Kier alpha value is -2.56. The Labute approximate surface area is 145 Å². The van der Waals surface area contributed by atoms with E-state index in [0.717, 1.165) is 5.56 Å². The highest BCUT2D eigenvalue weighted by Crippen LogP contribution is 2.35. The average Bonchev–Trinajstić information content (AvgIpc) is 2.92. The molecule has 2 heterocycles. The molecule has 0 bridgehead atoms. The van der Waals surface area contributed by atoms with E-state index in [1.165, 1.54) is 11.8 Å². The topological polar surface area (TPSA) is 85.3 Å². The van der Waals surface area contributed by atoms with E-state index in [9.17, 15) is 14.7 Å². The summed E-state index contributed by atoms with van der Waals surface area (Å²) >= 11 is 0. The first kappa shape index (κ1) is 17.3. The minimum atomic E-state index is -0.880. The summed E-state index contributed by atoms with van der Waals surface area (Å²) in [5, 5.41) is 9.57. The summed E-state index contributed by atoms with van der Waals surface area (Å²) in [6, 6.07) is 8.72. The Kier molecular flexibility index (Phi) is 4.93. The molecule has 132 valence electrons. The van der Waals surface area contributed by atoms with Gasteiger partial charge in [0.05, 0.1) is 6.61 Å². The molecule has 2 unspecified atom stereocenters.